The van der Waals surface area contributed by atoms with Gasteiger partial charge in [0.25, 0.3) is 5.69 Å². The summed E-state index contributed by atoms with van der Waals surface area (Å²) in [7, 11) is 0. The molecule has 1 rings (SSSR count). The first-order valence-corrected chi connectivity index (χ1v) is 4.05. The van der Waals surface area contributed by atoms with Gasteiger partial charge in [-0.3, -0.25) is 14.9 Å². The van der Waals surface area contributed by atoms with Gasteiger partial charge >= 0.3 is 0 Å². The van der Waals surface area contributed by atoms with Crippen LogP contribution in [-0.2, 0) is 0 Å². The van der Waals surface area contributed by atoms with Gasteiger partial charge in [0.1, 0.15) is 5.75 Å². The van der Waals surface area contributed by atoms with Gasteiger partial charge in [0.15, 0.2) is 6.29 Å². The minimum absolute atomic E-state index is 0.0287. The summed E-state index contributed by atoms with van der Waals surface area (Å²) in [6, 6.07) is 4.08. The molecule has 0 aliphatic heterocycles. The second kappa shape index (κ2) is 4.36. The van der Waals surface area contributed by atoms with E-state index in [0.717, 1.165) is 0 Å². The molecule has 0 unspecified atom stereocenters. The summed E-state index contributed by atoms with van der Waals surface area (Å²) in [5.41, 5.74) is -0.176. The molecule has 0 saturated heterocycles. The maximum Gasteiger partial charge on any atom is 0.280 e. The van der Waals surface area contributed by atoms with Crippen molar-refractivity contribution in [2.75, 3.05) is 6.61 Å². The largest absolute Gasteiger partial charge is 0.494 e. The smallest absolute Gasteiger partial charge is 0.280 e. The Morgan fingerprint density at radius 3 is 2.79 bits per heavy atom. The molecule has 74 valence electrons. The van der Waals surface area contributed by atoms with Crippen molar-refractivity contribution in [3.63, 3.8) is 0 Å². The minimum Gasteiger partial charge on any atom is -0.494 e. The number of carbonyl (C=O) groups is 1. The first kappa shape index (κ1) is 10.2. The van der Waals surface area contributed by atoms with Crippen LogP contribution in [-0.4, -0.2) is 17.8 Å². The number of benzene rings is 1. The van der Waals surface area contributed by atoms with Gasteiger partial charge in [-0.2, -0.15) is 0 Å². The van der Waals surface area contributed by atoms with Gasteiger partial charge in [0.2, 0.25) is 0 Å². The van der Waals surface area contributed by atoms with Crippen molar-refractivity contribution in [1.82, 2.24) is 0 Å². The number of hydrogen-bond acceptors (Lipinski definition) is 4. The number of nitro benzene ring substituents is 1. The van der Waals surface area contributed by atoms with E-state index in [-0.39, 0.29) is 11.3 Å². The fourth-order valence-electron chi connectivity index (χ4n) is 1.05. The molecule has 0 aliphatic carbocycles. The Hall–Kier alpha value is -1.91. The maximum absolute atomic E-state index is 10.5. The quantitative estimate of drug-likeness (QED) is 0.417. The Labute approximate surface area is 80.5 Å². The highest BCUT2D eigenvalue weighted by Gasteiger charge is 2.13. The zero-order chi connectivity index (χ0) is 10.6. The predicted molar refractivity (Wildman–Crippen MR) is 49.7 cm³/mol. The molecule has 1 aromatic rings. The third kappa shape index (κ3) is 2.07. The molecule has 0 aromatic heterocycles. The van der Waals surface area contributed by atoms with E-state index in [9.17, 15) is 14.9 Å². The molecule has 0 amide bonds. The number of rotatable bonds is 4. The topological polar surface area (TPSA) is 69.4 Å². The van der Waals surface area contributed by atoms with Crippen LogP contribution in [0.2, 0.25) is 0 Å². The van der Waals surface area contributed by atoms with E-state index in [1.807, 2.05) is 0 Å². The van der Waals surface area contributed by atoms with Crippen LogP contribution in [0.15, 0.2) is 18.2 Å². The zero-order valence-corrected chi connectivity index (χ0v) is 7.60. The molecule has 0 bridgehead atoms. The summed E-state index contributed by atoms with van der Waals surface area (Å²) in [6.07, 6.45) is 0.445. The molecular formula is C9H9NO4. The predicted octanol–water partition coefficient (Wildman–Crippen LogP) is 1.81. The molecule has 14 heavy (non-hydrogen) atoms. The van der Waals surface area contributed by atoms with Crippen LogP contribution in [0.25, 0.3) is 0 Å². The Bertz CT molecular complexity index is 362. The fourth-order valence-corrected chi connectivity index (χ4v) is 1.05. The summed E-state index contributed by atoms with van der Waals surface area (Å²) in [5, 5.41) is 10.5. The average molecular weight is 195 g/mol. The lowest BCUT2D eigenvalue weighted by Crippen LogP contribution is -1.97. The number of nitrogens with zero attached hydrogens (tertiary/aromatic N) is 1. The molecule has 0 heterocycles. The molecule has 5 heteroatoms. The van der Waals surface area contributed by atoms with Crippen LogP contribution in [0.5, 0.6) is 5.75 Å². The molecule has 0 saturated carbocycles. The van der Waals surface area contributed by atoms with Crippen molar-refractivity contribution in [1.29, 1.82) is 0 Å². The lowest BCUT2D eigenvalue weighted by molar-refractivity contribution is -0.385. The summed E-state index contributed by atoms with van der Waals surface area (Å²) < 4.78 is 5.10. The van der Waals surface area contributed by atoms with E-state index < -0.39 is 4.92 Å². The zero-order valence-electron chi connectivity index (χ0n) is 7.60. The van der Waals surface area contributed by atoms with Crippen LogP contribution in [0.1, 0.15) is 17.3 Å². The first-order valence-electron chi connectivity index (χ1n) is 4.05. The van der Waals surface area contributed by atoms with Crippen molar-refractivity contribution < 1.29 is 14.5 Å². The molecule has 0 aliphatic rings. The van der Waals surface area contributed by atoms with Crippen LogP contribution < -0.4 is 4.74 Å². The van der Waals surface area contributed by atoms with Gasteiger partial charge in [-0.15, -0.1) is 0 Å². The molecule has 0 fully saturated rings. The van der Waals surface area contributed by atoms with Crippen LogP contribution in [0.3, 0.4) is 0 Å². The van der Waals surface area contributed by atoms with Crippen molar-refractivity contribution >= 4 is 12.0 Å². The Balaban J connectivity index is 3.11. The van der Waals surface area contributed by atoms with Gasteiger partial charge in [-0.25, -0.2) is 0 Å². The average Bonchev–Trinajstić information content (AvgIpc) is 2.17. The van der Waals surface area contributed by atoms with Gasteiger partial charge in [-0.1, -0.05) is 0 Å². The van der Waals surface area contributed by atoms with E-state index in [4.69, 9.17) is 4.74 Å². The lowest BCUT2D eigenvalue weighted by Gasteiger charge is -2.02. The summed E-state index contributed by atoms with van der Waals surface area (Å²) in [4.78, 5) is 20.4. The Kier molecular flexibility index (Phi) is 3.17. The summed E-state index contributed by atoms with van der Waals surface area (Å²) in [6.45, 7) is 2.25. The van der Waals surface area contributed by atoms with Gasteiger partial charge < -0.3 is 4.74 Å². The van der Waals surface area contributed by atoms with Crippen molar-refractivity contribution in [3.8, 4) is 5.75 Å². The third-order valence-corrected chi connectivity index (χ3v) is 1.63. The standard InChI is InChI=1S/C9H9NO4/c1-2-14-8-3-4-9(10(12)13)7(5-8)6-11/h3-6H,2H2,1H3. The van der Waals surface area contributed by atoms with Crippen molar-refractivity contribution in [2.45, 2.75) is 6.92 Å². The molecule has 0 radical (unpaired) electrons. The van der Waals surface area contributed by atoms with E-state index >= 15 is 0 Å². The minimum atomic E-state index is -0.598. The van der Waals surface area contributed by atoms with Crippen LogP contribution in [0, 0.1) is 10.1 Å². The van der Waals surface area contributed by atoms with Gasteiger partial charge in [0, 0.05) is 6.07 Å². The molecule has 0 spiro atoms. The number of hydrogen-bond donors (Lipinski definition) is 0. The normalized spacial score (nSPS) is 9.50. The first-order chi connectivity index (χ1) is 6.69. The van der Waals surface area contributed by atoms with Crippen molar-refractivity contribution in [3.05, 3.63) is 33.9 Å². The van der Waals surface area contributed by atoms with Crippen molar-refractivity contribution in [2.24, 2.45) is 0 Å². The molecule has 0 N–H and O–H groups in total. The highest BCUT2D eigenvalue weighted by molar-refractivity contribution is 5.82. The molecule has 0 atom stereocenters. The second-order valence-corrected chi connectivity index (χ2v) is 2.53. The summed E-state index contributed by atoms with van der Waals surface area (Å²) >= 11 is 0. The van der Waals surface area contributed by atoms with Gasteiger partial charge in [-0.05, 0) is 19.1 Å². The van der Waals surface area contributed by atoms with E-state index in [2.05, 4.69) is 0 Å². The maximum atomic E-state index is 10.5. The fraction of sp³-hybridized carbons (Fsp3) is 0.222. The molecule has 5 nitrogen and oxygen atoms in total. The molecule has 1 aromatic carbocycles. The van der Waals surface area contributed by atoms with E-state index in [1.165, 1.54) is 18.2 Å². The van der Waals surface area contributed by atoms with E-state index in [1.54, 1.807) is 6.92 Å². The van der Waals surface area contributed by atoms with Gasteiger partial charge in [0.05, 0.1) is 17.1 Å². The van der Waals surface area contributed by atoms with E-state index in [0.29, 0.717) is 18.6 Å². The Morgan fingerprint density at radius 2 is 2.29 bits per heavy atom. The summed E-state index contributed by atoms with van der Waals surface area (Å²) in [5.74, 6) is 0.459. The third-order valence-electron chi connectivity index (χ3n) is 1.63. The highest BCUT2D eigenvalue weighted by atomic mass is 16.6. The van der Waals surface area contributed by atoms with Crippen LogP contribution >= 0.6 is 0 Å². The number of ether oxygens (including phenoxy) is 1. The number of aldehydes is 1. The lowest BCUT2D eigenvalue weighted by atomic mass is 10.2. The molecular weight excluding hydrogens is 186 g/mol. The number of carbonyl (C=O) groups excluding carboxylic acids is 1. The SMILES string of the molecule is CCOc1ccc([N+](=O)[O-])c(C=O)c1. The second-order valence-electron chi connectivity index (χ2n) is 2.53. The number of nitro groups is 1. The van der Waals surface area contributed by atoms with Crippen LogP contribution in [0.4, 0.5) is 5.69 Å². The monoisotopic (exact) mass is 195 g/mol. The highest BCUT2D eigenvalue weighted by Crippen LogP contribution is 2.22. The Morgan fingerprint density at radius 1 is 1.57 bits per heavy atom.